The molecule has 8 nitrogen and oxygen atoms in total. The molecule has 0 N–H and O–H groups in total. The molecule has 2 aliphatic heterocycles. The zero-order chi connectivity index (χ0) is 20.2. The van der Waals surface area contributed by atoms with Crippen LogP contribution in [0.4, 0.5) is 11.8 Å². The van der Waals surface area contributed by atoms with Crippen molar-refractivity contribution in [1.29, 1.82) is 0 Å². The third kappa shape index (κ3) is 4.31. The third-order valence-electron chi connectivity index (χ3n) is 5.57. The molecule has 1 aromatic heterocycles. The van der Waals surface area contributed by atoms with E-state index in [1.807, 2.05) is 41.3 Å². The summed E-state index contributed by atoms with van der Waals surface area (Å²) in [4.78, 5) is 40.4. The van der Waals surface area contributed by atoms with Crippen molar-refractivity contribution < 1.29 is 9.59 Å². The molecule has 0 bridgehead atoms. The van der Waals surface area contributed by atoms with Gasteiger partial charge in [0.25, 0.3) is 0 Å². The van der Waals surface area contributed by atoms with Crippen molar-refractivity contribution in [2.45, 2.75) is 6.92 Å². The predicted molar refractivity (Wildman–Crippen MR) is 112 cm³/mol. The molecule has 152 valence electrons. The zero-order valence-electron chi connectivity index (χ0n) is 16.7. The molecule has 2 amide bonds. The summed E-state index contributed by atoms with van der Waals surface area (Å²) in [6.45, 7) is 7.31. The van der Waals surface area contributed by atoms with Crippen LogP contribution in [0.2, 0.25) is 0 Å². The van der Waals surface area contributed by atoms with E-state index in [0.717, 1.165) is 36.6 Å². The van der Waals surface area contributed by atoms with Gasteiger partial charge in [0, 0.05) is 70.9 Å². The number of benzene rings is 1. The minimum Gasteiger partial charge on any atom is -0.353 e. The second kappa shape index (κ2) is 8.46. The summed E-state index contributed by atoms with van der Waals surface area (Å²) >= 11 is 0. The van der Waals surface area contributed by atoms with Crippen LogP contribution < -0.4 is 9.80 Å². The molecule has 2 fully saturated rings. The summed E-state index contributed by atoms with van der Waals surface area (Å²) < 4.78 is 0. The van der Waals surface area contributed by atoms with E-state index in [-0.39, 0.29) is 5.91 Å². The third-order valence-corrected chi connectivity index (χ3v) is 5.57. The van der Waals surface area contributed by atoms with Crippen molar-refractivity contribution in [2.75, 3.05) is 62.2 Å². The van der Waals surface area contributed by atoms with Gasteiger partial charge in [0.2, 0.25) is 18.3 Å². The van der Waals surface area contributed by atoms with Gasteiger partial charge in [-0.15, -0.1) is 0 Å². The second-order valence-corrected chi connectivity index (χ2v) is 7.40. The maximum Gasteiger partial charge on any atom is 0.228 e. The van der Waals surface area contributed by atoms with E-state index in [9.17, 15) is 9.59 Å². The van der Waals surface area contributed by atoms with Crippen LogP contribution in [0.3, 0.4) is 0 Å². The average Bonchev–Trinajstić information content (AvgIpc) is 2.79. The molecule has 0 saturated carbocycles. The highest BCUT2D eigenvalue weighted by Gasteiger charge is 2.23. The molecule has 2 aromatic rings. The van der Waals surface area contributed by atoms with Gasteiger partial charge in [-0.1, -0.05) is 30.3 Å². The normalized spacial score (nSPS) is 17.4. The SMILES string of the molecule is CC(=O)N1CCN(c2cc(-c3ccccc3)nc(N3CCN(C=O)CC3)n2)CC1. The largest absolute Gasteiger partial charge is 0.353 e. The lowest BCUT2D eigenvalue weighted by Gasteiger charge is -2.36. The topological polar surface area (TPSA) is 72.9 Å². The molecular formula is C21H26N6O2. The molecule has 8 heteroatoms. The van der Waals surface area contributed by atoms with Crippen molar-refractivity contribution in [3.63, 3.8) is 0 Å². The molecule has 0 spiro atoms. The maximum absolute atomic E-state index is 11.6. The molecule has 3 heterocycles. The number of amides is 2. The van der Waals surface area contributed by atoms with Crippen LogP contribution in [0.5, 0.6) is 0 Å². The van der Waals surface area contributed by atoms with Gasteiger partial charge in [-0.25, -0.2) is 4.98 Å². The Labute approximate surface area is 170 Å². The Morgan fingerprint density at radius 1 is 0.897 bits per heavy atom. The predicted octanol–water partition coefficient (Wildman–Crippen LogP) is 1.09. The van der Waals surface area contributed by atoms with Crippen molar-refractivity contribution in [3.05, 3.63) is 36.4 Å². The summed E-state index contributed by atoms with van der Waals surface area (Å²) in [6.07, 6.45) is 0.901. The standard InChI is InChI=1S/C21H26N6O2/c1-17(29)25-11-13-26(14-12-25)20-15-19(18-5-3-2-4-6-18)22-21(23-20)27-9-7-24(16-28)8-10-27/h2-6,15-16H,7-14H2,1H3. The number of hydrogen-bond acceptors (Lipinski definition) is 6. The molecule has 0 unspecified atom stereocenters. The Morgan fingerprint density at radius 2 is 1.55 bits per heavy atom. The summed E-state index contributed by atoms with van der Waals surface area (Å²) in [6, 6.07) is 12.1. The second-order valence-electron chi connectivity index (χ2n) is 7.40. The van der Waals surface area contributed by atoms with E-state index < -0.39 is 0 Å². The number of rotatable bonds is 4. The van der Waals surface area contributed by atoms with Crippen LogP contribution in [0.15, 0.2) is 36.4 Å². The molecule has 2 aliphatic rings. The summed E-state index contributed by atoms with van der Waals surface area (Å²) in [5.41, 5.74) is 1.93. The van der Waals surface area contributed by atoms with E-state index in [1.165, 1.54) is 0 Å². The van der Waals surface area contributed by atoms with Crippen LogP contribution in [0.25, 0.3) is 11.3 Å². The molecule has 0 atom stereocenters. The number of carbonyl (C=O) groups excluding carboxylic acids is 2. The number of anilines is 2. The molecule has 0 radical (unpaired) electrons. The molecule has 1 aromatic carbocycles. The van der Waals surface area contributed by atoms with Crippen LogP contribution in [-0.2, 0) is 9.59 Å². The molecule has 0 aliphatic carbocycles. The fourth-order valence-corrected chi connectivity index (χ4v) is 3.76. The quantitative estimate of drug-likeness (QED) is 0.723. The first kappa shape index (κ1) is 19.2. The molecule has 4 rings (SSSR count). The van der Waals surface area contributed by atoms with Gasteiger partial charge >= 0.3 is 0 Å². The maximum atomic E-state index is 11.6. The summed E-state index contributed by atoms with van der Waals surface area (Å²) in [7, 11) is 0. The fraction of sp³-hybridized carbons (Fsp3) is 0.429. The smallest absolute Gasteiger partial charge is 0.228 e. The van der Waals surface area contributed by atoms with Crippen molar-refractivity contribution in [3.8, 4) is 11.3 Å². The first-order valence-corrected chi connectivity index (χ1v) is 10.0. The van der Waals surface area contributed by atoms with Crippen molar-refractivity contribution in [2.24, 2.45) is 0 Å². The lowest BCUT2D eigenvalue weighted by molar-refractivity contribution is -0.129. The number of nitrogens with zero attached hydrogens (tertiary/aromatic N) is 6. The number of aromatic nitrogens is 2. The highest BCUT2D eigenvalue weighted by Crippen LogP contribution is 2.26. The average molecular weight is 394 g/mol. The summed E-state index contributed by atoms with van der Waals surface area (Å²) in [5, 5.41) is 0. The fourth-order valence-electron chi connectivity index (χ4n) is 3.76. The Bertz CT molecular complexity index is 859. The van der Waals surface area contributed by atoms with Crippen LogP contribution >= 0.6 is 0 Å². The van der Waals surface area contributed by atoms with Crippen LogP contribution in [-0.4, -0.2) is 84.4 Å². The molecular weight excluding hydrogens is 368 g/mol. The van der Waals surface area contributed by atoms with E-state index in [4.69, 9.17) is 9.97 Å². The van der Waals surface area contributed by atoms with Gasteiger partial charge in [0.15, 0.2) is 0 Å². The monoisotopic (exact) mass is 394 g/mol. The number of piperazine rings is 2. The summed E-state index contributed by atoms with van der Waals surface area (Å²) in [5.74, 6) is 1.70. The Balaban J connectivity index is 1.62. The highest BCUT2D eigenvalue weighted by atomic mass is 16.2. The Kier molecular flexibility index (Phi) is 5.59. The van der Waals surface area contributed by atoms with Gasteiger partial charge in [-0.05, 0) is 0 Å². The van der Waals surface area contributed by atoms with Crippen molar-refractivity contribution in [1.82, 2.24) is 19.8 Å². The number of hydrogen-bond donors (Lipinski definition) is 0. The van der Waals surface area contributed by atoms with Gasteiger partial charge < -0.3 is 19.6 Å². The first-order chi connectivity index (χ1) is 14.1. The molecule has 2 saturated heterocycles. The van der Waals surface area contributed by atoms with Gasteiger partial charge in [0.1, 0.15) is 5.82 Å². The lowest BCUT2D eigenvalue weighted by Crippen LogP contribution is -2.49. The highest BCUT2D eigenvalue weighted by molar-refractivity contribution is 5.73. The van der Waals surface area contributed by atoms with Crippen LogP contribution in [0.1, 0.15) is 6.92 Å². The van der Waals surface area contributed by atoms with E-state index in [1.54, 1.807) is 11.8 Å². The number of carbonyl (C=O) groups is 2. The van der Waals surface area contributed by atoms with E-state index >= 15 is 0 Å². The zero-order valence-corrected chi connectivity index (χ0v) is 16.7. The Morgan fingerprint density at radius 3 is 2.17 bits per heavy atom. The van der Waals surface area contributed by atoms with Gasteiger partial charge in [-0.3, -0.25) is 9.59 Å². The first-order valence-electron chi connectivity index (χ1n) is 10.0. The van der Waals surface area contributed by atoms with Crippen LogP contribution in [0, 0.1) is 0 Å². The Hall–Kier alpha value is -3.16. The van der Waals surface area contributed by atoms with Gasteiger partial charge in [-0.2, -0.15) is 4.98 Å². The minimum atomic E-state index is 0.117. The van der Waals surface area contributed by atoms with Crippen molar-refractivity contribution >= 4 is 24.1 Å². The van der Waals surface area contributed by atoms with E-state index in [0.29, 0.717) is 45.2 Å². The van der Waals surface area contributed by atoms with E-state index in [2.05, 4.69) is 9.80 Å². The van der Waals surface area contributed by atoms with Gasteiger partial charge in [0.05, 0.1) is 5.69 Å². The minimum absolute atomic E-state index is 0.117. The lowest BCUT2D eigenvalue weighted by atomic mass is 10.1. The molecule has 29 heavy (non-hydrogen) atoms.